The van der Waals surface area contributed by atoms with Crippen molar-refractivity contribution in [1.82, 2.24) is 15.1 Å². The van der Waals surface area contributed by atoms with Gasteiger partial charge in [0.25, 0.3) is 0 Å². The molecule has 0 aliphatic rings. The minimum Gasteiger partial charge on any atom is -0.331 e. The first-order valence-electron chi connectivity index (χ1n) is 10.4. The number of aromatic nitrogens is 2. The van der Waals surface area contributed by atoms with Crippen LogP contribution >= 0.6 is 11.3 Å². The lowest BCUT2D eigenvalue weighted by Crippen LogP contribution is -2.45. The highest BCUT2D eigenvalue weighted by molar-refractivity contribution is 7.18. The minimum absolute atomic E-state index is 0.0263. The molecule has 1 atom stereocenters. The summed E-state index contributed by atoms with van der Waals surface area (Å²) >= 11 is 1.33. The van der Waals surface area contributed by atoms with Crippen LogP contribution in [-0.4, -0.2) is 39.5 Å². The maximum absolute atomic E-state index is 13.0. The number of hydrogen-bond donors (Lipinski definition) is 1. The first kappa shape index (κ1) is 23.0. The molecule has 2 amide bonds. The third-order valence-corrected chi connectivity index (χ3v) is 5.79. The van der Waals surface area contributed by atoms with E-state index in [1.54, 1.807) is 4.90 Å². The third-order valence-electron chi connectivity index (χ3n) is 4.90. The SMILES string of the molecule is CCCC[C@@H](CC)C(=O)N(CC(=O)Nc1nnc(-c2cccc(C)c2)s1)C(C)C. The van der Waals surface area contributed by atoms with Crippen LogP contribution in [0.1, 0.15) is 58.9 Å². The summed E-state index contributed by atoms with van der Waals surface area (Å²) in [5.41, 5.74) is 2.12. The number of anilines is 1. The van der Waals surface area contributed by atoms with E-state index in [1.807, 2.05) is 52.0 Å². The maximum atomic E-state index is 13.0. The molecule has 2 aromatic rings. The van der Waals surface area contributed by atoms with Crippen LogP contribution in [0.4, 0.5) is 5.13 Å². The molecule has 0 saturated carbocycles. The number of carbonyl (C=O) groups is 2. The van der Waals surface area contributed by atoms with Crippen molar-refractivity contribution in [3.8, 4) is 10.6 Å². The van der Waals surface area contributed by atoms with Crippen LogP contribution in [0.3, 0.4) is 0 Å². The highest BCUT2D eigenvalue weighted by Gasteiger charge is 2.26. The molecule has 0 spiro atoms. The van der Waals surface area contributed by atoms with Crippen molar-refractivity contribution in [1.29, 1.82) is 0 Å². The van der Waals surface area contributed by atoms with Crippen molar-refractivity contribution in [2.75, 3.05) is 11.9 Å². The lowest BCUT2D eigenvalue weighted by Gasteiger charge is -2.29. The van der Waals surface area contributed by atoms with Crippen LogP contribution in [0.15, 0.2) is 24.3 Å². The Kier molecular flexibility index (Phi) is 8.76. The normalized spacial score (nSPS) is 12.1. The lowest BCUT2D eigenvalue weighted by molar-refractivity contribution is -0.140. The molecule has 2 rings (SSSR count). The average molecular weight is 417 g/mol. The second-order valence-electron chi connectivity index (χ2n) is 7.64. The fourth-order valence-electron chi connectivity index (χ4n) is 3.18. The number of unbranched alkanes of at least 4 members (excludes halogenated alkanes) is 1. The van der Waals surface area contributed by atoms with Gasteiger partial charge in [-0.15, -0.1) is 10.2 Å². The number of benzene rings is 1. The minimum atomic E-state index is -0.246. The molecule has 6 nitrogen and oxygen atoms in total. The molecule has 1 aromatic heterocycles. The van der Waals surface area contributed by atoms with Crippen LogP contribution in [0, 0.1) is 12.8 Å². The second kappa shape index (κ2) is 11.0. The maximum Gasteiger partial charge on any atom is 0.245 e. The quantitative estimate of drug-likeness (QED) is 0.597. The van der Waals surface area contributed by atoms with Crippen LogP contribution < -0.4 is 5.32 Å². The summed E-state index contributed by atoms with van der Waals surface area (Å²) in [7, 11) is 0. The predicted molar refractivity (Wildman–Crippen MR) is 119 cm³/mol. The Morgan fingerprint density at radius 2 is 1.97 bits per heavy atom. The van der Waals surface area contributed by atoms with Gasteiger partial charge in [-0.2, -0.15) is 0 Å². The van der Waals surface area contributed by atoms with E-state index in [0.29, 0.717) is 5.13 Å². The summed E-state index contributed by atoms with van der Waals surface area (Å²) in [6.45, 7) is 10.1. The van der Waals surface area contributed by atoms with Crippen molar-refractivity contribution in [2.45, 2.75) is 66.3 Å². The summed E-state index contributed by atoms with van der Waals surface area (Å²) in [4.78, 5) is 27.2. The molecule has 1 heterocycles. The molecule has 1 aromatic carbocycles. The molecular weight excluding hydrogens is 384 g/mol. The van der Waals surface area contributed by atoms with E-state index in [-0.39, 0.29) is 30.3 Å². The number of amides is 2. The molecule has 0 aliphatic carbocycles. The Labute approximate surface area is 177 Å². The molecule has 1 N–H and O–H groups in total. The number of aryl methyl sites for hydroxylation is 1. The zero-order valence-corrected chi connectivity index (χ0v) is 18.9. The van der Waals surface area contributed by atoms with Gasteiger partial charge in [0.1, 0.15) is 11.6 Å². The summed E-state index contributed by atoms with van der Waals surface area (Å²) in [6, 6.07) is 7.96. The molecule has 0 radical (unpaired) electrons. The molecule has 0 fully saturated rings. The van der Waals surface area contributed by atoms with Gasteiger partial charge in [-0.1, -0.05) is 61.8 Å². The fourth-order valence-corrected chi connectivity index (χ4v) is 3.94. The molecule has 0 saturated heterocycles. The van der Waals surface area contributed by atoms with Crippen LogP contribution in [0.5, 0.6) is 0 Å². The van der Waals surface area contributed by atoms with E-state index in [1.165, 1.54) is 11.3 Å². The largest absolute Gasteiger partial charge is 0.331 e. The van der Waals surface area contributed by atoms with Crippen molar-refractivity contribution in [3.05, 3.63) is 29.8 Å². The van der Waals surface area contributed by atoms with Gasteiger partial charge in [0.15, 0.2) is 0 Å². The average Bonchev–Trinajstić information content (AvgIpc) is 3.14. The van der Waals surface area contributed by atoms with Crippen molar-refractivity contribution in [3.63, 3.8) is 0 Å². The molecule has 29 heavy (non-hydrogen) atoms. The Hall–Kier alpha value is -2.28. The number of hydrogen-bond acceptors (Lipinski definition) is 5. The van der Waals surface area contributed by atoms with Gasteiger partial charge >= 0.3 is 0 Å². The zero-order chi connectivity index (χ0) is 21.4. The summed E-state index contributed by atoms with van der Waals surface area (Å²) in [5.74, 6) is -0.215. The standard InChI is InChI=1S/C22H32N4O2S/c1-6-8-11-17(7-2)21(28)26(15(3)4)14-19(27)23-22-25-24-20(29-22)18-12-9-10-16(5)13-18/h9-10,12-13,15,17H,6-8,11,14H2,1-5H3,(H,23,25,27)/t17-/m1/s1. The number of nitrogens with one attached hydrogen (secondary N) is 1. The fraction of sp³-hybridized carbons (Fsp3) is 0.545. The Morgan fingerprint density at radius 3 is 2.59 bits per heavy atom. The smallest absolute Gasteiger partial charge is 0.245 e. The Balaban J connectivity index is 2.03. The van der Waals surface area contributed by atoms with E-state index in [4.69, 9.17) is 0 Å². The van der Waals surface area contributed by atoms with Crippen LogP contribution in [0.25, 0.3) is 10.6 Å². The summed E-state index contributed by atoms with van der Waals surface area (Å²) < 4.78 is 0. The first-order chi connectivity index (χ1) is 13.8. The predicted octanol–water partition coefficient (Wildman–Crippen LogP) is 4.91. The van der Waals surface area contributed by atoms with Crippen LogP contribution in [0.2, 0.25) is 0 Å². The van der Waals surface area contributed by atoms with Gasteiger partial charge < -0.3 is 4.90 Å². The number of rotatable bonds is 10. The molecular formula is C22H32N4O2S. The number of carbonyl (C=O) groups excluding carboxylic acids is 2. The van der Waals surface area contributed by atoms with Crippen molar-refractivity contribution >= 4 is 28.3 Å². The van der Waals surface area contributed by atoms with Gasteiger partial charge in [-0.05, 0) is 39.7 Å². The van der Waals surface area contributed by atoms with E-state index >= 15 is 0 Å². The van der Waals surface area contributed by atoms with E-state index in [9.17, 15) is 9.59 Å². The van der Waals surface area contributed by atoms with Gasteiger partial charge in [-0.25, -0.2) is 0 Å². The summed E-state index contributed by atoms with van der Waals surface area (Å²) in [5, 5.41) is 12.3. The van der Waals surface area contributed by atoms with Gasteiger partial charge in [-0.3, -0.25) is 14.9 Å². The summed E-state index contributed by atoms with van der Waals surface area (Å²) in [6.07, 6.45) is 3.74. The topological polar surface area (TPSA) is 75.2 Å². The molecule has 7 heteroatoms. The number of nitrogens with zero attached hydrogens (tertiary/aromatic N) is 3. The van der Waals surface area contributed by atoms with Crippen molar-refractivity contribution in [2.24, 2.45) is 5.92 Å². The van der Waals surface area contributed by atoms with E-state index in [0.717, 1.165) is 41.8 Å². The Bertz CT molecular complexity index is 819. The second-order valence-corrected chi connectivity index (χ2v) is 8.61. The van der Waals surface area contributed by atoms with Crippen LogP contribution in [-0.2, 0) is 9.59 Å². The van der Waals surface area contributed by atoms with E-state index < -0.39 is 0 Å². The third kappa shape index (κ3) is 6.63. The highest BCUT2D eigenvalue weighted by atomic mass is 32.1. The zero-order valence-electron chi connectivity index (χ0n) is 18.1. The molecule has 0 bridgehead atoms. The van der Waals surface area contributed by atoms with Gasteiger partial charge in [0.2, 0.25) is 16.9 Å². The monoisotopic (exact) mass is 416 g/mol. The molecule has 0 unspecified atom stereocenters. The van der Waals surface area contributed by atoms with Crippen molar-refractivity contribution < 1.29 is 9.59 Å². The molecule has 0 aliphatic heterocycles. The van der Waals surface area contributed by atoms with E-state index in [2.05, 4.69) is 22.4 Å². The highest BCUT2D eigenvalue weighted by Crippen LogP contribution is 2.27. The molecule has 158 valence electrons. The van der Waals surface area contributed by atoms with Gasteiger partial charge in [0.05, 0.1) is 0 Å². The van der Waals surface area contributed by atoms with Gasteiger partial charge in [0, 0.05) is 17.5 Å². The Morgan fingerprint density at radius 1 is 1.21 bits per heavy atom. The first-order valence-corrected chi connectivity index (χ1v) is 11.2. The lowest BCUT2D eigenvalue weighted by atomic mass is 9.97.